The van der Waals surface area contributed by atoms with Crippen LogP contribution in [0.1, 0.15) is 20.8 Å². The lowest BCUT2D eigenvalue weighted by Gasteiger charge is -2.33. The Bertz CT molecular complexity index is 276. The van der Waals surface area contributed by atoms with E-state index in [1.807, 2.05) is 0 Å². The summed E-state index contributed by atoms with van der Waals surface area (Å²) in [5.41, 5.74) is -4.23. The molecule has 0 saturated heterocycles. The fraction of sp³-hybridized carbons (Fsp3) is 0.625. The Balaban J connectivity index is 5.55. The molecular formula is C8H12O6. The van der Waals surface area contributed by atoms with E-state index in [4.69, 9.17) is 15.3 Å². The molecule has 3 N–H and O–H groups in total. The van der Waals surface area contributed by atoms with Crippen LogP contribution in [0.3, 0.4) is 0 Å². The fourth-order valence-electron chi connectivity index (χ4n) is 0.840. The van der Waals surface area contributed by atoms with E-state index >= 15 is 0 Å². The van der Waals surface area contributed by atoms with E-state index in [0.29, 0.717) is 0 Å². The lowest BCUT2D eigenvalue weighted by atomic mass is 9.66. The molecule has 0 aromatic carbocycles. The van der Waals surface area contributed by atoms with E-state index in [-0.39, 0.29) is 0 Å². The van der Waals surface area contributed by atoms with Gasteiger partial charge in [0.15, 0.2) is 5.41 Å². The molecule has 0 aliphatic heterocycles. The predicted molar refractivity (Wildman–Crippen MR) is 44.8 cm³/mol. The van der Waals surface area contributed by atoms with Crippen LogP contribution in [0.15, 0.2) is 0 Å². The van der Waals surface area contributed by atoms with Gasteiger partial charge in [-0.1, -0.05) is 0 Å². The summed E-state index contributed by atoms with van der Waals surface area (Å²) in [6.45, 7) is 3.01. The van der Waals surface area contributed by atoms with Crippen LogP contribution in [0.5, 0.6) is 0 Å². The molecule has 0 aromatic rings. The van der Waals surface area contributed by atoms with Crippen LogP contribution in [0.25, 0.3) is 0 Å². The van der Waals surface area contributed by atoms with Gasteiger partial charge in [-0.15, -0.1) is 0 Å². The molecule has 6 nitrogen and oxygen atoms in total. The first-order chi connectivity index (χ1) is 6.08. The molecule has 0 fully saturated rings. The van der Waals surface area contributed by atoms with Crippen molar-refractivity contribution in [2.24, 2.45) is 10.8 Å². The summed E-state index contributed by atoms with van der Waals surface area (Å²) in [4.78, 5) is 32.3. The first-order valence-electron chi connectivity index (χ1n) is 3.78. The predicted octanol–water partition coefficient (Wildman–Crippen LogP) is 0.273. The van der Waals surface area contributed by atoms with E-state index in [1.165, 1.54) is 0 Å². The molecule has 0 saturated carbocycles. The van der Waals surface area contributed by atoms with Crippen molar-refractivity contribution in [3.8, 4) is 0 Å². The second-order valence-electron chi connectivity index (χ2n) is 3.67. The SMILES string of the molecule is CC(C)(C(=O)O)C(C)(C(=O)O)C(=O)O. The Kier molecular flexibility index (Phi) is 2.91. The topological polar surface area (TPSA) is 112 Å². The Morgan fingerprint density at radius 1 is 0.786 bits per heavy atom. The number of carboxylic acids is 3. The zero-order chi connectivity index (χ0) is 11.7. The molecule has 0 heterocycles. The maximum absolute atomic E-state index is 10.8. The Labute approximate surface area is 80.2 Å². The first kappa shape index (κ1) is 12.4. The van der Waals surface area contributed by atoms with Gasteiger partial charge in [0.25, 0.3) is 0 Å². The summed E-state index contributed by atoms with van der Waals surface area (Å²) in [6, 6.07) is 0. The lowest BCUT2D eigenvalue weighted by Crippen LogP contribution is -2.52. The van der Waals surface area contributed by atoms with Crippen molar-refractivity contribution in [1.82, 2.24) is 0 Å². The van der Waals surface area contributed by atoms with Gasteiger partial charge in [0.1, 0.15) is 0 Å². The average molecular weight is 204 g/mol. The quantitative estimate of drug-likeness (QED) is 0.567. The molecule has 0 aliphatic carbocycles. The summed E-state index contributed by atoms with van der Waals surface area (Å²) in [5.74, 6) is -4.81. The van der Waals surface area contributed by atoms with E-state index in [9.17, 15) is 14.4 Å². The number of aliphatic carboxylic acids is 3. The van der Waals surface area contributed by atoms with E-state index in [1.54, 1.807) is 0 Å². The smallest absolute Gasteiger partial charge is 0.321 e. The Morgan fingerprint density at radius 2 is 1.07 bits per heavy atom. The van der Waals surface area contributed by atoms with Crippen molar-refractivity contribution in [2.75, 3.05) is 0 Å². The van der Waals surface area contributed by atoms with Gasteiger partial charge in [-0.3, -0.25) is 14.4 Å². The summed E-state index contributed by atoms with van der Waals surface area (Å²) < 4.78 is 0. The molecule has 0 spiro atoms. The Hall–Kier alpha value is -1.59. The van der Waals surface area contributed by atoms with Crippen molar-refractivity contribution in [2.45, 2.75) is 20.8 Å². The van der Waals surface area contributed by atoms with Gasteiger partial charge >= 0.3 is 17.9 Å². The van der Waals surface area contributed by atoms with Crippen molar-refractivity contribution in [3.05, 3.63) is 0 Å². The molecule has 0 aromatic heterocycles. The largest absolute Gasteiger partial charge is 0.481 e. The van der Waals surface area contributed by atoms with E-state index in [0.717, 1.165) is 20.8 Å². The van der Waals surface area contributed by atoms with Crippen LogP contribution in [0.4, 0.5) is 0 Å². The third-order valence-corrected chi connectivity index (χ3v) is 2.64. The summed E-state index contributed by atoms with van der Waals surface area (Å²) >= 11 is 0. The molecule has 6 heteroatoms. The second-order valence-corrected chi connectivity index (χ2v) is 3.67. The molecule has 0 radical (unpaired) electrons. The third kappa shape index (κ3) is 1.43. The minimum absolute atomic E-state index is 0.881. The number of carboxylic acid groups (broad SMARTS) is 3. The maximum atomic E-state index is 10.8. The second kappa shape index (κ2) is 3.28. The highest BCUT2D eigenvalue weighted by molar-refractivity contribution is 6.03. The van der Waals surface area contributed by atoms with Gasteiger partial charge < -0.3 is 15.3 Å². The van der Waals surface area contributed by atoms with E-state index in [2.05, 4.69) is 0 Å². The molecule has 14 heavy (non-hydrogen) atoms. The zero-order valence-electron chi connectivity index (χ0n) is 8.07. The summed E-state index contributed by atoms with van der Waals surface area (Å²) in [5, 5.41) is 26.2. The number of rotatable bonds is 4. The minimum Gasteiger partial charge on any atom is -0.481 e. The molecule has 0 bridgehead atoms. The lowest BCUT2D eigenvalue weighted by molar-refractivity contribution is -0.181. The van der Waals surface area contributed by atoms with Crippen LogP contribution in [0.2, 0.25) is 0 Å². The highest BCUT2D eigenvalue weighted by Gasteiger charge is 2.58. The molecular weight excluding hydrogens is 192 g/mol. The van der Waals surface area contributed by atoms with Crippen molar-refractivity contribution in [3.63, 3.8) is 0 Å². The zero-order valence-corrected chi connectivity index (χ0v) is 8.07. The minimum atomic E-state index is -2.35. The summed E-state index contributed by atoms with van der Waals surface area (Å²) in [6.07, 6.45) is 0. The van der Waals surface area contributed by atoms with Crippen molar-refractivity contribution in [1.29, 1.82) is 0 Å². The number of hydrogen-bond acceptors (Lipinski definition) is 3. The van der Waals surface area contributed by atoms with Crippen LogP contribution in [0, 0.1) is 10.8 Å². The van der Waals surface area contributed by atoms with Gasteiger partial charge in [0, 0.05) is 0 Å². The third-order valence-electron chi connectivity index (χ3n) is 2.64. The van der Waals surface area contributed by atoms with Gasteiger partial charge in [-0.25, -0.2) is 0 Å². The van der Waals surface area contributed by atoms with Gasteiger partial charge in [-0.05, 0) is 20.8 Å². The summed E-state index contributed by atoms with van der Waals surface area (Å²) in [7, 11) is 0. The fourth-order valence-corrected chi connectivity index (χ4v) is 0.840. The standard InChI is InChI=1S/C8H12O6/c1-7(2,4(9)10)8(3,5(11)12)6(13)14/h1-3H3,(H,9,10)(H,11,12)(H,13,14). The molecule has 0 rings (SSSR count). The Morgan fingerprint density at radius 3 is 1.14 bits per heavy atom. The number of hydrogen-bond donors (Lipinski definition) is 3. The van der Waals surface area contributed by atoms with Crippen LogP contribution in [-0.2, 0) is 14.4 Å². The number of carbonyl (C=O) groups is 3. The molecule has 0 atom stereocenters. The van der Waals surface area contributed by atoms with Crippen molar-refractivity contribution < 1.29 is 29.7 Å². The van der Waals surface area contributed by atoms with Crippen LogP contribution in [-0.4, -0.2) is 33.2 Å². The molecule has 0 aliphatic rings. The monoisotopic (exact) mass is 204 g/mol. The average Bonchev–Trinajstić information content (AvgIpc) is 2.01. The molecule has 0 unspecified atom stereocenters. The highest BCUT2D eigenvalue weighted by atomic mass is 16.4. The molecule has 0 amide bonds. The van der Waals surface area contributed by atoms with Gasteiger partial charge in [-0.2, -0.15) is 0 Å². The first-order valence-corrected chi connectivity index (χ1v) is 3.78. The van der Waals surface area contributed by atoms with Crippen molar-refractivity contribution >= 4 is 17.9 Å². The maximum Gasteiger partial charge on any atom is 0.321 e. The van der Waals surface area contributed by atoms with Gasteiger partial charge in [0.05, 0.1) is 5.41 Å². The van der Waals surface area contributed by atoms with Crippen LogP contribution < -0.4 is 0 Å². The van der Waals surface area contributed by atoms with E-state index < -0.39 is 28.7 Å². The highest BCUT2D eigenvalue weighted by Crippen LogP contribution is 2.39. The van der Waals surface area contributed by atoms with Crippen LogP contribution >= 0.6 is 0 Å². The normalized spacial score (nSPS) is 12.2. The molecule has 80 valence electrons. The van der Waals surface area contributed by atoms with Gasteiger partial charge in [0.2, 0.25) is 0 Å².